The second kappa shape index (κ2) is 2.48. The lowest BCUT2D eigenvalue weighted by molar-refractivity contribution is -0.0859. The lowest BCUT2D eigenvalue weighted by atomic mass is 9.57. The number of nitrogens with zero attached hydrogens (tertiary/aromatic N) is 1. The molecular formula is C11H22N2. The van der Waals surface area contributed by atoms with E-state index in [2.05, 4.69) is 32.6 Å². The number of hydrogen-bond acceptors (Lipinski definition) is 2. The molecule has 0 radical (unpaired) electrons. The van der Waals surface area contributed by atoms with Crippen molar-refractivity contribution in [1.82, 2.24) is 4.90 Å². The zero-order chi connectivity index (χ0) is 9.85. The van der Waals surface area contributed by atoms with Crippen molar-refractivity contribution in [1.29, 1.82) is 0 Å². The predicted octanol–water partition coefficient (Wildman–Crippen LogP) is 1.45. The summed E-state index contributed by atoms with van der Waals surface area (Å²) in [6, 6.07) is 0. The van der Waals surface area contributed by atoms with Crippen LogP contribution in [0.4, 0.5) is 0 Å². The number of nitrogens with two attached hydrogens (primary N) is 1. The Morgan fingerprint density at radius 1 is 1.23 bits per heavy atom. The summed E-state index contributed by atoms with van der Waals surface area (Å²) < 4.78 is 0. The van der Waals surface area contributed by atoms with Crippen LogP contribution in [-0.4, -0.2) is 29.1 Å². The molecule has 2 N–H and O–H groups in total. The highest BCUT2D eigenvalue weighted by molar-refractivity contribution is 5.10. The van der Waals surface area contributed by atoms with Gasteiger partial charge < -0.3 is 5.73 Å². The van der Waals surface area contributed by atoms with Crippen molar-refractivity contribution in [3.8, 4) is 0 Å². The molecule has 2 heteroatoms. The van der Waals surface area contributed by atoms with Gasteiger partial charge in [0.15, 0.2) is 0 Å². The van der Waals surface area contributed by atoms with E-state index in [-0.39, 0.29) is 5.54 Å². The van der Waals surface area contributed by atoms with Gasteiger partial charge >= 0.3 is 0 Å². The Labute approximate surface area is 81.5 Å². The number of rotatable bonds is 0. The maximum Gasteiger partial charge on any atom is 0.0207 e. The Morgan fingerprint density at radius 3 is 2.00 bits per heavy atom. The average Bonchev–Trinajstić information content (AvgIpc) is 2.03. The minimum atomic E-state index is 0.141. The summed E-state index contributed by atoms with van der Waals surface area (Å²) in [7, 11) is 0. The van der Waals surface area contributed by atoms with Crippen LogP contribution in [0.5, 0.6) is 0 Å². The Bertz CT molecular complexity index is 201. The quantitative estimate of drug-likeness (QED) is 0.614. The SMILES string of the molecule is CC1(N)C2CC1CN(C(C)(C)C)C2. The van der Waals surface area contributed by atoms with E-state index in [1.807, 2.05) is 0 Å². The Hall–Kier alpha value is -0.0800. The summed E-state index contributed by atoms with van der Waals surface area (Å²) in [6.45, 7) is 11.5. The molecule has 2 saturated heterocycles. The Kier molecular flexibility index (Phi) is 1.81. The van der Waals surface area contributed by atoms with Crippen LogP contribution in [-0.2, 0) is 0 Å². The molecule has 3 rings (SSSR count). The van der Waals surface area contributed by atoms with Crippen molar-refractivity contribution < 1.29 is 0 Å². The number of fused-ring (bicyclic) bond motifs is 2. The monoisotopic (exact) mass is 182 g/mol. The van der Waals surface area contributed by atoms with E-state index in [1.54, 1.807) is 0 Å². The van der Waals surface area contributed by atoms with Crippen LogP contribution in [0.2, 0.25) is 0 Å². The molecule has 2 bridgehead atoms. The molecule has 2 heterocycles. The molecule has 0 aromatic rings. The normalized spacial score (nSPS) is 45.9. The summed E-state index contributed by atoms with van der Waals surface area (Å²) in [6.07, 6.45) is 1.36. The van der Waals surface area contributed by atoms with Gasteiger partial charge in [0.1, 0.15) is 0 Å². The molecule has 1 aliphatic carbocycles. The van der Waals surface area contributed by atoms with Crippen LogP contribution in [0.1, 0.15) is 34.1 Å². The lowest BCUT2D eigenvalue weighted by Gasteiger charge is -2.61. The van der Waals surface area contributed by atoms with E-state index >= 15 is 0 Å². The van der Waals surface area contributed by atoms with Crippen molar-refractivity contribution in [2.75, 3.05) is 13.1 Å². The summed E-state index contributed by atoms with van der Waals surface area (Å²) in [5, 5.41) is 0. The fourth-order valence-corrected chi connectivity index (χ4v) is 2.72. The van der Waals surface area contributed by atoms with E-state index in [1.165, 1.54) is 19.5 Å². The first-order valence-electron chi connectivity index (χ1n) is 5.36. The first-order chi connectivity index (χ1) is 5.82. The van der Waals surface area contributed by atoms with Crippen LogP contribution >= 0.6 is 0 Å². The minimum absolute atomic E-state index is 0.141. The van der Waals surface area contributed by atoms with Crippen molar-refractivity contribution in [2.24, 2.45) is 17.6 Å². The molecule has 2 nitrogen and oxygen atoms in total. The third-order valence-corrected chi connectivity index (χ3v) is 4.16. The summed E-state index contributed by atoms with van der Waals surface area (Å²) in [5.74, 6) is 1.48. The molecule has 13 heavy (non-hydrogen) atoms. The van der Waals surface area contributed by atoms with Crippen LogP contribution in [0.25, 0.3) is 0 Å². The molecule has 2 unspecified atom stereocenters. The molecule has 2 atom stereocenters. The van der Waals surface area contributed by atoms with Gasteiger partial charge in [0.05, 0.1) is 0 Å². The smallest absolute Gasteiger partial charge is 0.0207 e. The van der Waals surface area contributed by atoms with E-state index in [0.29, 0.717) is 5.54 Å². The van der Waals surface area contributed by atoms with Gasteiger partial charge in [-0.25, -0.2) is 0 Å². The van der Waals surface area contributed by atoms with Crippen molar-refractivity contribution in [2.45, 2.75) is 45.2 Å². The summed E-state index contributed by atoms with van der Waals surface area (Å²) in [5.41, 5.74) is 6.72. The third-order valence-electron chi connectivity index (χ3n) is 4.16. The first kappa shape index (κ1) is 9.47. The zero-order valence-electron chi connectivity index (χ0n) is 9.30. The molecule has 3 fully saturated rings. The molecule has 0 spiro atoms. The van der Waals surface area contributed by atoms with Crippen LogP contribution in [0.3, 0.4) is 0 Å². The van der Waals surface area contributed by atoms with Gasteiger partial charge in [-0.2, -0.15) is 0 Å². The van der Waals surface area contributed by atoms with Crippen molar-refractivity contribution >= 4 is 0 Å². The third kappa shape index (κ3) is 1.31. The van der Waals surface area contributed by atoms with Gasteiger partial charge in [-0.15, -0.1) is 0 Å². The first-order valence-corrected chi connectivity index (χ1v) is 5.36. The standard InChI is InChI=1S/C11H22N2/c1-10(2,3)13-6-8-5-9(7-13)11(8,4)12/h8-9H,5-7,12H2,1-4H3. The average molecular weight is 182 g/mol. The van der Waals surface area contributed by atoms with Gasteiger partial charge in [0, 0.05) is 24.2 Å². The van der Waals surface area contributed by atoms with E-state index < -0.39 is 0 Å². The summed E-state index contributed by atoms with van der Waals surface area (Å²) in [4.78, 5) is 2.58. The van der Waals surface area contributed by atoms with Crippen molar-refractivity contribution in [3.05, 3.63) is 0 Å². The fraction of sp³-hybridized carbons (Fsp3) is 1.00. The van der Waals surface area contributed by atoms with Gasteiger partial charge in [0.2, 0.25) is 0 Å². The van der Waals surface area contributed by atoms with Crippen molar-refractivity contribution in [3.63, 3.8) is 0 Å². The van der Waals surface area contributed by atoms with Crippen LogP contribution in [0, 0.1) is 11.8 Å². The molecule has 2 aliphatic heterocycles. The van der Waals surface area contributed by atoms with Gasteiger partial charge in [-0.1, -0.05) is 0 Å². The largest absolute Gasteiger partial charge is 0.325 e. The lowest BCUT2D eigenvalue weighted by Crippen LogP contribution is -2.71. The molecule has 3 aliphatic rings. The predicted molar refractivity (Wildman–Crippen MR) is 55.5 cm³/mol. The maximum atomic E-state index is 6.25. The van der Waals surface area contributed by atoms with Gasteiger partial charge in [-0.05, 0) is 46.0 Å². The Balaban J connectivity index is 2.05. The maximum absolute atomic E-state index is 6.25. The van der Waals surface area contributed by atoms with E-state index in [0.717, 1.165) is 11.8 Å². The minimum Gasteiger partial charge on any atom is -0.325 e. The highest BCUT2D eigenvalue weighted by atomic mass is 15.2. The number of piperidine rings is 2. The molecule has 0 aromatic heterocycles. The van der Waals surface area contributed by atoms with Crippen LogP contribution < -0.4 is 5.73 Å². The molecule has 0 amide bonds. The van der Waals surface area contributed by atoms with Gasteiger partial charge in [-0.3, -0.25) is 4.90 Å². The fourth-order valence-electron chi connectivity index (χ4n) is 2.72. The van der Waals surface area contributed by atoms with Gasteiger partial charge in [0.25, 0.3) is 0 Å². The molecular weight excluding hydrogens is 160 g/mol. The van der Waals surface area contributed by atoms with Crippen LogP contribution in [0.15, 0.2) is 0 Å². The Morgan fingerprint density at radius 2 is 1.69 bits per heavy atom. The highest BCUT2D eigenvalue weighted by Gasteiger charge is 2.54. The number of hydrogen-bond donors (Lipinski definition) is 1. The second-order valence-corrected chi connectivity index (χ2v) is 6.07. The highest BCUT2D eigenvalue weighted by Crippen LogP contribution is 2.48. The topological polar surface area (TPSA) is 29.3 Å². The molecule has 76 valence electrons. The second-order valence-electron chi connectivity index (χ2n) is 6.07. The zero-order valence-corrected chi connectivity index (χ0v) is 9.30. The van der Waals surface area contributed by atoms with E-state index in [4.69, 9.17) is 5.73 Å². The molecule has 1 saturated carbocycles. The summed E-state index contributed by atoms with van der Waals surface area (Å²) >= 11 is 0. The van der Waals surface area contributed by atoms with E-state index in [9.17, 15) is 0 Å². The molecule has 0 aromatic carbocycles.